The van der Waals surface area contributed by atoms with E-state index in [1.54, 1.807) is 38.1 Å². The number of hydrogen-bond donors (Lipinski definition) is 2. The summed E-state index contributed by atoms with van der Waals surface area (Å²) in [7, 11) is 0. The van der Waals surface area contributed by atoms with Gasteiger partial charge in [0.05, 0.1) is 0 Å². The standard InChI is InChI=1S/C19H18FN3O3/c1-12-10-14(20)8-9-15(12)21-16(24)11-23-17(25)19(2,22-18(23)26)13-6-4-3-5-7-13/h3-10H,11H2,1-2H3,(H,21,24)(H,22,26)/t19-/m1/s1. The van der Waals surface area contributed by atoms with E-state index in [4.69, 9.17) is 0 Å². The summed E-state index contributed by atoms with van der Waals surface area (Å²) in [6.07, 6.45) is 0. The average Bonchev–Trinajstić information content (AvgIpc) is 2.82. The van der Waals surface area contributed by atoms with Crippen molar-refractivity contribution in [2.75, 3.05) is 11.9 Å². The van der Waals surface area contributed by atoms with Crippen LogP contribution in [-0.2, 0) is 15.1 Å². The Morgan fingerprint density at radius 2 is 1.88 bits per heavy atom. The first kappa shape index (κ1) is 17.6. The molecule has 0 aliphatic carbocycles. The highest BCUT2D eigenvalue weighted by Crippen LogP contribution is 2.28. The maximum absolute atomic E-state index is 13.1. The predicted molar refractivity (Wildman–Crippen MR) is 93.8 cm³/mol. The summed E-state index contributed by atoms with van der Waals surface area (Å²) in [5, 5.41) is 5.24. The van der Waals surface area contributed by atoms with Gasteiger partial charge in [-0.05, 0) is 43.2 Å². The van der Waals surface area contributed by atoms with Crippen LogP contribution in [0.1, 0.15) is 18.1 Å². The van der Waals surface area contributed by atoms with Crippen molar-refractivity contribution in [1.29, 1.82) is 0 Å². The van der Waals surface area contributed by atoms with Crippen LogP contribution in [0.15, 0.2) is 48.5 Å². The molecule has 2 aromatic rings. The first-order valence-electron chi connectivity index (χ1n) is 8.07. The van der Waals surface area contributed by atoms with E-state index in [0.717, 1.165) is 4.90 Å². The molecular weight excluding hydrogens is 337 g/mol. The molecule has 7 heteroatoms. The number of carbonyl (C=O) groups is 3. The lowest BCUT2D eigenvalue weighted by Crippen LogP contribution is -2.42. The fourth-order valence-electron chi connectivity index (χ4n) is 2.91. The molecule has 134 valence electrons. The van der Waals surface area contributed by atoms with Crippen LogP contribution in [0.4, 0.5) is 14.9 Å². The van der Waals surface area contributed by atoms with Gasteiger partial charge >= 0.3 is 6.03 Å². The largest absolute Gasteiger partial charge is 0.325 e. The van der Waals surface area contributed by atoms with Crippen molar-refractivity contribution < 1.29 is 18.8 Å². The van der Waals surface area contributed by atoms with E-state index in [2.05, 4.69) is 10.6 Å². The third kappa shape index (κ3) is 3.15. The minimum atomic E-state index is -1.22. The molecule has 0 spiro atoms. The highest BCUT2D eigenvalue weighted by Gasteiger charge is 2.49. The molecule has 0 aromatic heterocycles. The van der Waals surface area contributed by atoms with Gasteiger partial charge in [0.25, 0.3) is 5.91 Å². The maximum Gasteiger partial charge on any atom is 0.325 e. The second kappa shape index (κ2) is 6.59. The molecule has 1 heterocycles. The van der Waals surface area contributed by atoms with Crippen LogP contribution in [0.3, 0.4) is 0 Å². The van der Waals surface area contributed by atoms with E-state index in [-0.39, 0.29) is 0 Å². The fourth-order valence-corrected chi connectivity index (χ4v) is 2.91. The molecule has 26 heavy (non-hydrogen) atoms. The lowest BCUT2D eigenvalue weighted by molar-refractivity contribution is -0.133. The second-order valence-electron chi connectivity index (χ2n) is 6.32. The Morgan fingerprint density at radius 3 is 2.54 bits per heavy atom. The summed E-state index contributed by atoms with van der Waals surface area (Å²) >= 11 is 0. The van der Waals surface area contributed by atoms with Crippen LogP contribution >= 0.6 is 0 Å². The van der Waals surface area contributed by atoms with Gasteiger partial charge in [-0.15, -0.1) is 0 Å². The number of rotatable bonds is 4. The molecule has 2 N–H and O–H groups in total. The number of nitrogens with one attached hydrogen (secondary N) is 2. The molecule has 1 atom stereocenters. The molecule has 1 aliphatic heterocycles. The van der Waals surface area contributed by atoms with E-state index in [0.29, 0.717) is 16.8 Å². The van der Waals surface area contributed by atoms with Crippen molar-refractivity contribution in [3.63, 3.8) is 0 Å². The number of halogens is 1. The number of hydrogen-bond acceptors (Lipinski definition) is 3. The van der Waals surface area contributed by atoms with Gasteiger partial charge in [0.2, 0.25) is 5.91 Å². The normalized spacial score (nSPS) is 19.4. The molecule has 1 aliphatic rings. The van der Waals surface area contributed by atoms with Crippen molar-refractivity contribution in [1.82, 2.24) is 10.2 Å². The monoisotopic (exact) mass is 355 g/mol. The quantitative estimate of drug-likeness (QED) is 0.828. The summed E-state index contributed by atoms with van der Waals surface area (Å²) in [4.78, 5) is 38.1. The number of carbonyl (C=O) groups excluding carboxylic acids is 3. The maximum atomic E-state index is 13.1. The Balaban J connectivity index is 1.74. The molecule has 1 saturated heterocycles. The fraction of sp³-hybridized carbons (Fsp3) is 0.211. The topological polar surface area (TPSA) is 78.5 Å². The predicted octanol–water partition coefficient (Wildman–Crippen LogP) is 2.54. The van der Waals surface area contributed by atoms with Gasteiger partial charge < -0.3 is 10.6 Å². The summed E-state index contributed by atoms with van der Waals surface area (Å²) in [6, 6.07) is 12.1. The van der Waals surface area contributed by atoms with E-state index in [1.165, 1.54) is 18.2 Å². The van der Waals surface area contributed by atoms with Gasteiger partial charge in [-0.25, -0.2) is 9.18 Å². The van der Waals surface area contributed by atoms with Crippen molar-refractivity contribution >= 4 is 23.5 Å². The number of imide groups is 1. The van der Waals surface area contributed by atoms with E-state index in [1.807, 2.05) is 6.07 Å². The van der Waals surface area contributed by atoms with E-state index < -0.39 is 35.7 Å². The summed E-state index contributed by atoms with van der Waals surface area (Å²) < 4.78 is 13.1. The van der Waals surface area contributed by atoms with Crippen molar-refractivity contribution in [3.05, 3.63) is 65.5 Å². The second-order valence-corrected chi connectivity index (χ2v) is 6.32. The first-order chi connectivity index (χ1) is 12.3. The van der Waals surface area contributed by atoms with E-state index >= 15 is 0 Å². The first-order valence-corrected chi connectivity index (χ1v) is 8.07. The lowest BCUT2D eigenvalue weighted by atomic mass is 9.92. The Hall–Kier alpha value is -3.22. The number of benzene rings is 2. The number of aryl methyl sites for hydroxylation is 1. The van der Waals surface area contributed by atoms with Crippen LogP contribution in [0, 0.1) is 12.7 Å². The molecule has 3 rings (SSSR count). The van der Waals surface area contributed by atoms with Gasteiger partial charge in [0.15, 0.2) is 0 Å². The molecule has 4 amide bonds. The van der Waals surface area contributed by atoms with Crippen molar-refractivity contribution in [3.8, 4) is 0 Å². The zero-order valence-corrected chi connectivity index (χ0v) is 14.4. The van der Waals surface area contributed by atoms with Crippen LogP contribution in [0.25, 0.3) is 0 Å². The minimum absolute atomic E-state index is 0.409. The number of anilines is 1. The Bertz CT molecular complexity index is 885. The smallest absolute Gasteiger partial charge is 0.324 e. The molecule has 0 radical (unpaired) electrons. The van der Waals surface area contributed by atoms with Crippen LogP contribution in [0.5, 0.6) is 0 Å². The zero-order chi connectivity index (χ0) is 18.9. The summed E-state index contributed by atoms with van der Waals surface area (Å²) in [6.45, 7) is 2.83. The van der Waals surface area contributed by atoms with Gasteiger partial charge in [0.1, 0.15) is 17.9 Å². The molecule has 2 aromatic carbocycles. The average molecular weight is 355 g/mol. The molecule has 6 nitrogen and oxygen atoms in total. The molecule has 1 fully saturated rings. The molecule has 0 bridgehead atoms. The lowest BCUT2D eigenvalue weighted by Gasteiger charge is -2.22. The zero-order valence-electron chi connectivity index (χ0n) is 14.4. The van der Waals surface area contributed by atoms with Gasteiger partial charge in [-0.1, -0.05) is 30.3 Å². The Kier molecular flexibility index (Phi) is 4.46. The van der Waals surface area contributed by atoms with Gasteiger partial charge in [-0.3, -0.25) is 14.5 Å². The van der Waals surface area contributed by atoms with Crippen molar-refractivity contribution in [2.24, 2.45) is 0 Å². The summed E-state index contributed by atoms with van der Waals surface area (Å²) in [5.74, 6) is -1.45. The SMILES string of the molecule is Cc1cc(F)ccc1NC(=O)CN1C(=O)N[C@](C)(c2ccccc2)C1=O. The minimum Gasteiger partial charge on any atom is -0.324 e. The van der Waals surface area contributed by atoms with Crippen LogP contribution in [-0.4, -0.2) is 29.3 Å². The van der Waals surface area contributed by atoms with Crippen LogP contribution in [0.2, 0.25) is 0 Å². The molecular formula is C19H18FN3O3. The Morgan fingerprint density at radius 1 is 1.19 bits per heavy atom. The number of nitrogens with zero attached hydrogens (tertiary/aromatic N) is 1. The Labute approximate surface area is 150 Å². The number of urea groups is 1. The number of amides is 4. The molecule has 0 unspecified atom stereocenters. The highest BCUT2D eigenvalue weighted by molar-refractivity contribution is 6.10. The van der Waals surface area contributed by atoms with E-state index in [9.17, 15) is 18.8 Å². The molecule has 0 saturated carbocycles. The van der Waals surface area contributed by atoms with Crippen LogP contribution < -0.4 is 10.6 Å². The summed E-state index contributed by atoms with van der Waals surface area (Å²) in [5.41, 5.74) is 0.388. The third-order valence-electron chi connectivity index (χ3n) is 4.39. The third-order valence-corrected chi connectivity index (χ3v) is 4.39. The van der Waals surface area contributed by atoms with Gasteiger partial charge in [0, 0.05) is 5.69 Å². The van der Waals surface area contributed by atoms with Crippen molar-refractivity contribution in [2.45, 2.75) is 19.4 Å². The van der Waals surface area contributed by atoms with Gasteiger partial charge in [-0.2, -0.15) is 0 Å². The highest BCUT2D eigenvalue weighted by atomic mass is 19.1.